The molecule has 0 amide bonds. The zero-order valence-corrected chi connectivity index (χ0v) is 15.9. The van der Waals surface area contributed by atoms with Gasteiger partial charge < -0.3 is 4.74 Å². The Kier molecular flexibility index (Phi) is 6.10. The molecule has 1 aromatic carbocycles. The number of benzene rings is 1. The van der Waals surface area contributed by atoms with E-state index in [1.807, 2.05) is 24.4 Å². The molecule has 1 atom stereocenters. The van der Waals surface area contributed by atoms with Crippen molar-refractivity contribution in [2.24, 2.45) is 0 Å². The van der Waals surface area contributed by atoms with Crippen molar-refractivity contribution < 1.29 is 4.74 Å². The zero-order chi connectivity index (χ0) is 17.7. The molecule has 1 heterocycles. The Hall–Kier alpha value is -1.42. The van der Waals surface area contributed by atoms with Crippen LogP contribution in [0.15, 0.2) is 48.7 Å². The zero-order valence-electron chi connectivity index (χ0n) is 15.1. The summed E-state index contributed by atoms with van der Waals surface area (Å²) in [7, 11) is 1.77. The molecule has 0 N–H and O–H groups in total. The van der Waals surface area contributed by atoms with Gasteiger partial charge in [-0.05, 0) is 56.0 Å². The molecule has 4 heteroatoms. The molecule has 1 fully saturated rings. The van der Waals surface area contributed by atoms with Gasteiger partial charge in [0, 0.05) is 49.5 Å². The van der Waals surface area contributed by atoms with Crippen molar-refractivity contribution in [3.05, 3.63) is 64.9 Å². The van der Waals surface area contributed by atoms with Crippen molar-refractivity contribution in [2.75, 3.05) is 26.8 Å². The Morgan fingerprint density at radius 3 is 2.56 bits per heavy atom. The van der Waals surface area contributed by atoms with Gasteiger partial charge in [0.05, 0.1) is 5.69 Å². The molecular weight excluding hydrogens is 332 g/mol. The van der Waals surface area contributed by atoms with Gasteiger partial charge in [-0.15, -0.1) is 0 Å². The molecule has 1 aliphatic rings. The molecule has 1 saturated carbocycles. The van der Waals surface area contributed by atoms with Crippen LogP contribution in [-0.2, 0) is 10.2 Å². The van der Waals surface area contributed by atoms with Crippen molar-refractivity contribution in [3.8, 4) is 0 Å². The molecule has 0 spiro atoms. The Bertz CT molecular complexity index is 655. The molecule has 3 nitrogen and oxygen atoms in total. The minimum absolute atomic E-state index is 0.265. The fourth-order valence-corrected chi connectivity index (χ4v) is 3.64. The lowest BCUT2D eigenvalue weighted by atomic mass is 9.94. The first-order valence-electron chi connectivity index (χ1n) is 9.05. The van der Waals surface area contributed by atoms with E-state index in [2.05, 4.69) is 41.1 Å². The summed E-state index contributed by atoms with van der Waals surface area (Å²) in [6, 6.07) is 14.9. The summed E-state index contributed by atoms with van der Waals surface area (Å²) < 4.78 is 5.26. The number of hydrogen-bond acceptors (Lipinski definition) is 3. The summed E-state index contributed by atoms with van der Waals surface area (Å²) in [6.07, 6.45) is 5.39. The molecule has 25 heavy (non-hydrogen) atoms. The van der Waals surface area contributed by atoms with Crippen molar-refractivity contribution in [1.29, 1.82) is 0 Å². The minimum atomic E-state index is 0.265. The van der Waals surface area contributed by atoms with Gasteiger partial charge in [0.25, 0.3) is 0 Å². The van der Waals surface area contributed by atoms with Gasteiger partial charge in [-0.1, -0.05) is 29.8 Å². The van der Waals surface area contributed by atoms with E-state index in [0.29, 0.717) is 6.04 Å². The van der Waals surface area contributed by atoms with Crippen LogP contribution in [0.25, 0.3) is 0 Å². The Balaban J connectivity index is 1.76. The lowest BCUT2D eigenvalue weighted by molar-refractivity contribution is 0.144. The molecule has 0 aliphatic heterocycles. The molecule has 0 bridgehead atoms. The van der Waals surface area contributed by atoms with Crippen LogP contribution in [0.3, 0.4) is 0 Å². The van der Waals surface area contributed by atoms with Crippen molar-refractivity contribution in [3.63, 3.8) is 0 Å². The molecule has 1 aliphatic carbocycles. The fourth-order valence-electron chi connectivity index (χ4n) is 3.51. The quantitative estimate of drug-likeness (QED) is 0.598. The van der Waals surface area contributed by atoms with Crippen LogP contribution in [0.4, 0.5) is 0 Å². The van der Waals surface area contributed by atoms with Gasteiger partial charge in [0.15, 0.2) is 0 Å². The SMILES string of the molecule is COCCCN(CC1(c2ccc(Cl)cc2)CC1)C(C)c1ccccn1. The third kappa shape index (κ3) is 4.60. The highest BCUT2D eigenvalue weighted by Crippen LogP contribution is 2.49. The van der Waals surface area contributed by atoms with Crippen LogP contribution in [-0.4, -0.2) is 36.7 Å². The number of hydrogen-bond donors (Lipinski definition) is 0. The summed E-state index contributed by atoms with van der Waals surface area (Å²) in [4.78, 5) is 7.13. The highest BCUT2D eigenvalue weighted by Gasteiger charge is 2.45. The Morgan fingerprint density at radius 1 is 1.20 bits per heavy atom. The second-order valence-electron chi connectivity index (χ2n) is 7.03. The van der Waals surface area contributed by atoms with E-state index in [1.54, 1.807) is 7.11 Å². The summed E-state index contributed by atoms with van der Waals surface area (Å²) in [5.41, 5.74) is 2.80. The van der Waals surface area contributed by atoms with E-state index in [-0.39, 0.29) is 5.41 Å². The molecule has 3 rings (SSSR count). The molecule has 134 valence electrons. The van der Waals surface area contributed by atoms with Gasteiger partial charge in [-0.3, -0.25) is 9.88 Å². The van der Waals surface area contributed by atoms with Gasteiger partial charge in [0.1, 0.15) is 0 Å². The number of ether oxygens (including phenoxy) is 1. The van der Waals surface area contributed by atoms with Crippen molar-refractivity contribution >= 4 is 11.6 Å². The topological polar surface area (TPSA) is 25.4 Å². The van der Waals surface area contributed by atoms with E-state index in [1.165, 1.54) is 18.4 Å². The predicted octanol–water partition coefficient (Wildman–Crippen LogP) is 4.87. The molecule has 0 radical (unpaired) electrons. The van der Waals surface area contributed by atoms with E-state index in [0.717, 1.165) is 36.8 Å². The molecule has 1 unspecified atom stereocenters. The maximum absolute atomic E-state index is 6.07. The first-order valence-corrected chi connectivity index (χ1v) is 9.42. The molecule has 0 saturated heterocycles. The number of halogens is 1. The van der Waals surface area contributed by atoms with Crippen LogP contribution in [0.1, 0.15) is 43.5 Å². The highest BCUT2D eigenvalue weighted by molar-refractivity contribution is 6.30. The average Bonchev–Trinajstić information content (AvgIpc) is 3.42. The van der Waals surface area contributed by atoms with Crippen LogP contribution in [0.2, 0.25) is 5.02 Å². The Labute approximate surface area is 156 Å². The number of methoxy groups -OCH3 is 1. The standard InChI is InChI=1S/C21H27ClN2O/c1-17(20-6-3-4-13-23-20)24(14-5-15-25-2)16-21(11-12-21)18-7-9-19(22)10-8-18/h3-4,6-10,13,17H,5,11-12,14-16H2,1-2H3. The maximum Gasteiger partial charge on any atom is 0.0572 e. The largest absolute Gasteiger partial charge is 0.385 e. The summed E-state index contributed by atoms with van der Waals surface area (Å²) >= 11 is 6.07. The lowest BCUT2D eigenvalue weighted by Crippen LogP contribution is -2.36. The van der Waals surface area contributed by atoms with Crippen molar-refractivity contribution in [1.82, 2.24) is 9.88 Å². The number of nitrogens with zero attached hydrogens (tertiary/aromatic N) is 2. The van der Waals surface area contributed by atoms with Crippen LogP contribution in [0, 0.1) is 0 Å². The van der Waals surface area contributed by atoms with Gasteiger partial charge in [-0.2, -0.15) is 0 Å². The minimum Gasteiger partial charge on any atom is -0.385 e. The van der Waals surface area contributed by atoms with Gasteiger partial charge >= 0.3 is 0 Å². The Morgan fingerprint density at radius 2 is 1.96 bits per heavy atom. The van der Waals surface area contributed by atoms with Crippen LogP contribution < -0.4 is 0 Å². The first kappa shape index (κ1) is 18.4. The molecule has 2 aromatic rings. The number of pyridine rings is 1. The predicted molar refractivity (Wildman–Crippen MR) is 103 cm³/mol. The van der Waals surface area contributed by atoms with E-state index in [4.69, 9.17) is 16.3 Å². The fraction of sp³-hybridized carbons (Fsp3) is 0.476. The van der Waals surface area contributed by atoms with Crippen molar-refractivity contribution in [2.45, 2.75) is 37.6 Å². The van der Waals surface area contributed by atoms with E-state index in [9.17, 15) is 0 Å². The normalized spacial score (nSPS) is 16.8. The second kappa shape index (κ2) is 8.31. The number of rotatable bonds is 9. The smallest absolute Gasteiger partial charge is 0.0572 e. The highest BCUT2D eigenvalue weighted by atomic mass is 35.5. The maximum atomic E-state index is 6.07. The third-order valence-corrected chi connectivity index (χ3v) is 5.53. The van der Waals surface area contributed by atoms with Crippen LogP contribution >= 0.6 is 11.6 Å². The third-order valence-electron chi connectivity index (χ3n) is 5.27. The monoisotopic (exact) mass is 358 g/mol. The van der Waals surface area contributed by atoms with E-state index < -0.39 is 0 Å². The second-order valence-corrected chi connectivity index (χ2v) is 7.47. The lowest BCUT2D eigenvalue weighted by Gasteiger charge is -2.33. The van der Waals surface area contributed by atoms with Gasteiger partial charge in [0.2, 0.25) is 0 Å². The van der Waals surface area contributed by atoms with Gasteiger partial charge in [-0.25, -0.2) is 0 Å². The summed E-state index contributed by atoms with van der Waals surface area (Å²) in [5.74, 6) is 0. The summed E-state index contributed by atoms with van der Waals surface area (Å²) in [6.45, 7) is 5.11. The molecular formula is C21H27ClN2O. The average molecular weight is 359 g/mol. The van der Waals surface area contributed by atoms with E-state index >= 15 is 0 Å². The number of aromatic nitrogens is 1. The summed E-state index contributed by atoms with van der Waals surface area (Å²) in [5, 5.41) is 0.804. The van der Waals surface area contributed by atoms with Crippen LogP contribution in [0.5, 0.6) is 0 Å². The molecule has 1 aromatic heterocycles. The first-order chi connectivity index (χ1) is 12.1.